The lowest BCUT2D eigenvalue weighted by atomic mass is 10.1. The lowest BCUT2D eigenvalue weighted by Crippen LogP contribution is -2.32. The van der Waals surface area contributed by atoms with E-state index in [0.717, 1.165) is 0 Å². The van der Waals surface area contributed by atoms with Crippen molar-refractivity contribution in [1.29, 1.82) is 0 Å². The molecule has 0 bridgehead atoms. The Morgan fingerprint density at radius 3 is 2.71 bits per heavy atom. The number of hydrogen-bond donors (Lipinski definition) is 2. The van der Waals surface area contributed by atoms with E-state index in [2.05, 4.69) is 0 Å². The van der Waals surface area contributed by atoms with Crippen LogP contribution >= 0.6 is 0 Å². The Kier molecular flexibility index (Phi) is 2.58. The van der Waals surface area contributed by atoms with Gasteiger partial charge in [0.15, 0.2) is 0 Å². The number of rotatable bonds is 4. The molecule has 1 rings (SSSR count). The average Bonchev–Trinajstić information content (AvgIpc) is 2.28. The molecule has 0 aliphatic carbocycles. The second kappa shape index (κ2) is 4.62. The van der Waals surface area contributed by atoms with Gasteiger partial charge in [0.05, 0.1) is 8.48 Å². The van der Waals surface area contributed by atoms with Crippen molar-refractivity contribution in [2.45, 2.75) is 12.4 Å². The largest absolute Gasteiger partial charge is 0.497 e. The predicted octanol–water partition coefficient (Wildman–Crippen LogP) is 0.650. The van der Waals surface area contributed by atoms with Crippen molar-refractivity contribution < 1.29 is 17.4 Å². The Morgan fingerprint density at radius 2 is 2.29 bits per heavy atom. The molecule has 0 saturated heterocycles. The Balaban J connectivity index is 2.96. The normalized spacial score (nSPS) is 18.7. The number of carbonyl (C=O) groups is 1. The molecule has 1 aromatic rings. The molecule has 0 amide bonds. The minimum atomic E-state index is -2.35. The molecule has 1 aromatic carbocycles. The van der Waals surface area contributed by atoms with Crippen LogP contribution in [0.2, 0.25) is 0 Å². The fourth-order valence-corrected chi connectivity index (χ4v) is 0.941. The summed E-state index contributed by atoms with van der Waals surface area (Å²) in [5.74, 6) is -0.929. The monoisotopic (exact) mass is 197 g/mol. The van der Waals surface area contributed by atoms with Crippen LogP contribution in [0.15, 0.2) is 24.3 Å². The molecule has 14 heavy (non-hydrogen) atoms. The van der Waals surface area contributed by atoms with Crippen LogP contribution in [0.1, 0.15) is 8.30 Å². The lowest BCUT2D eigenvalue weighted by molar-refractivity contribution is -0.138. The topological polar surface area (TPSA) is 72.5 Å². The molecule has 0 radical (unpaired) electrons. The molecule has 4 heteroatoms. The fraction of sp³-hybridized carbons (Fsp3) is 0.300. The molecule has 0 aliphatic heterocycles. The number of aliphatic carboxylic acids is 1. The standard InChI is InChI=1S/C10H13NO3/c1-14-8-4-2-7(3-5-8)6-9(11)10(12)13/h2-5,9H,6,11H2,1H3,(H,12,13)/t9-/m0/s1/i6D,9D/t6-,9+/m1. The Hall–Kier alpha value is -1.55. The summed E-state index contributed by atoms with van der Waals surface area (Å²) in [5, 5.41) is 8.72. The maximum absolute atomic E-state index is 10.7. The van der Waals surface area contributed by atoms with E-state index in [1.165, 1.54) is 19.2 Å². The van der Waals surface area contributed by atoms with Crippen LogP contribution in [0.3, 0.4) is 0 Å². The van der Waals surface area contributed by atoms with Crippen LogP contribution in [0.5, 0.6) is 5.75 Å². The van der Waals surface area contributed by atoms with Gasteiger partial charge < -0.3 is 15.6 Å². The van der Waals surface area contributed by atoms with Gasteiger partial charge in [-0.05, 0) is 24.1 Å². The first kappa shape index (κ1) is 7.82. The third-order valence-electron chi connectivity index (χ3n) is 1.68. The van der Waals surface area contributed by atoms with Crippen LogP contribution in [-0.2, 0) is 11.2 Å². The maximum atomic E-state index is 10.7. The van der Waals surface area contributed by atoms with E-state index in [1.54, 1.807) is 12.1 Å². The lowest BCUT2D eigenvalue weighted by Gasteiger charge is -2.06. The van der Waals surface area contributed by atoms with Crippen LogP contribution in [0.25, 0.3) is 0 Å². The Labute approximate surface area is 85.1 Å². The summed E-state index contributed by atoms with van der Waals surface area (Å²) in [4.78, 5) is 10.7. The van der Waals surface area contributed by atoms with Gasteiger partial charge in [0.25, 0.3) is 0 Å². The van der Waals surface area contributed by atoms with E-state index in [4.69, 9.17) is 18.3 Å². The fourth-order valence-electron chi connectivity index (χ4n) is 0.941. The smallest absolute Gasteiger partial charge is 0.320 e. The molecule has 2 atom stereocenters. The molecule has 0 unspecified atom stereocenters. The van der Waals surface area contributed by atoms with Crippen LogP contribution in [-0.4, -0.2) is 24.2 Å². The number of hydrogen-bond acceptors (Lipinski definition) is 3. The van der Waals surface area contributed by atoms with E-state index in [9.17, 15) is 4.79 Å². The van der Waals surface area contributed by atoms with Crippen molar-refractivity contribution in [2.24, 2.45) is 5.73 Å². The summed E-state index contributed by atoms with van der Waals surface area (Å²) in [7, 11) is 1.50. The summed E-state index contributed by atoms with van der Waals surface area (Å²) in [5.41, 5.74) is 5.62. The quantitative estimate of drug-likeness (QED) is 0.743. The SMILES string of the molecule is [2H][C@H](c1ccc(OC)cc1)[C@]([2H])(N)C(=O)O. The second-order valence-corrected chi connectivity index (χ2v) is 2.68. The first-order valence-corrected chi connectivity index (χ1v) is 3.98. The van der Waals surface area contributed by atoms with Gasteiger partial charge in [-0.15, -0.1) is 0 Å². The molecule has 0 saturated carbocycles. The zero-order valence-electron chi connectivity index (χ0n) is 9.73. The van der Waals surface area contributed by atoms with Crippen molar-refractivity contribution in [2.75, 3.05) is 7.11 Å². The highest BCUT2D eigenvalue weighted by Crippen LogP contribution is 2.12. The van der Waals surface area contributed by atoms with Gasteiger partial charge in [0.2, 0.25) is 0 Å². The molecule has 0 aromatic heterocycles. The van der Waals surface area contributed by atoms with E-state index >= 15 is 0 Å². The zero-order valence-corrected chi connectivity index (χ0v) is 7.73. The second-order valence-electron chi connectivity index (χ2n) is 2.68. The summed E-state index contributed by atoms with van der Waals surface area (Å²) in [6, 6.07) is 3.88. The first-order valence-electron chi connectivity index (χ1n) is 5.05. The van der Waals surface area contributed by atoms with Gasteiger partial charge in [-0.1, -0.05) is 12.1 Å². The summed E-state index contributed by atoms with van der Waals surface area (Å²) in [6.07, 6.45) is -1.35. The number of carboxylic acid groups (broad SMARTS) is 1. The van der Waals surface area contributed by atoms with Gasteiger partial charge in [-0.3, -0.25) is 4.79 Å². The van der Waals surface area contributed by atoms with Crippen molar-refractivity contribution in [3.63, 3.8) is 0 Å². The van der Waals surface area contributed by atoms with Crippen LogP contribution in [0.4, 0.5) is 0 Å². The van der Waals surface area contributed by atoms with E-state index < -0.39 is 18.4 Å². The summed E-state index contributed by atoms with van der Waals surface area (Å²) >= 11 is 0. The molecule has 0 fully saturated rings. The molecule has 4 nitrogen and oxygen atoms in total. The Morgan fingerprint density at radius 1 is 1.71 bits per heavy atom. The molecule has 3 N–H and O–H groups in total. The summed E-state index contributed by atoms with van der Waals surface area (Å²) < 4.78 is 19.9. The van der Waals surface area contributed by atoms with Gasteiger partial charge in [-0.2, -0.15) is 0 Å². The van der Waals surface area contributed by atoms with Crippen LogP contribution in [0, 0.1) is 0 Å². The molecule has 0 heterocycles. The van der Waals surface area contributed by atoms with Crippen molar-refractivity contribution >= 4 is 5.97 Å². The maximum Gasteiger partial charge on any atom is 0.320 e. The molecule has 76 valence electrons. The highest BCUT2D eigenvalue weighted by molar-refractivity contribution is 5.73. The third kappa shape index (κ3) is 2.74. The van der Waals surface area contributed by atoms with Gasteiger partial charge in [0.1, 0.15) is 11.8 Å². The highest BCUT2D eigenvalue weighted by Gasteiger charge is 2.11. The van der Waals surface area contributed by atoms with E-state index in [-0.39, 0.29) is 0 Å². The molecular weight excluding hydrogens is 182 g/mol. The Bertz CT molecular complexity index is 378. The number of benzene rings is 1. The van der Waals surface area contributed by atoms with Gasteiger partial charge in [-0.25, -0.2) is 0 Å². The van der Waals surface area contributed by atoms with Gasteiger partial charge >= 0.3 is 5.97 Å². The third-order valence-corrected chi connectivity index (χ3v) is 1.68. The van der Waals surface area contributed by atoms with Crippen molar-refractivity contribution in [3.05, 3.63) is 29.8 Å². The zero-order chi connectivity index (χ0) is 12.3. The van der Waals surface area contributed by atoms with Crippen LogP contribution < -0.4 is 10.5 Å². The minimum Gasteiger partial charge on any atom is -0.497 e. The minimum absolute atomic E-state index is 0.362. The number of carboxylic acids is 1. The number of nitrogens with two attached hydrogens (primary N) is 1. The van der Waals surface area contributed by atoms with E-state index in [1.807, 2.05) is 0 Å². The van der Waals surface area contributed by atoms with Crippen molar-refractivity contribution in [3.8, 4) is 5.75 Å². The first-order chi connectivity index (χ1) is 7.39. The van der Waals surface area contributed by atoms with E-state index in [0.29, 0.717) is 11.3 Å². The van der Waals surface area contributed by atoms with Gasteiger partial charge in [0, 0.05) is 1.37 Å². The highest BCUT2D eigenvalue weighted by atomic mass is 16.5. The number of methoxy groups -OCH3 is 1. The molecule has 0 aliphatic rings. The number of ether oxygens (including phenoxy) is 1. The molecule has 0 spiro atoms. The van der Waals surface area contributed by atoms with Crippen molar-refractivity contribution in [1.82, 2.24) is 0 Å². The summed E-state index contributed by atoms with van der Waals surface area (Å²) in [6.45, 7) is 0. The molecular formula is C10H13NO3. The average molecular weight is 197 g/mol. The predicted molar refractivity (Wildman–Crippen MR) is 52.3 cm³/mol.